The molecule has 13 heavy (non-hydrogen) atoms. The smallest absolute Gasteiger partial charge is 0.239 e. The summed E-state index contributed by atoms with van der Waals surface area (Å²) < 4.78 is 0. The summed E-state index contributed by atoms with van der Waals surface area (Å²) in [6.07, 6.45) is 0.249. The van der Waals surface area contributed by atoms with Crippen LogP contribution in [-0.2, 0) is 9.59 Å². The molecule has 0 fully saturated rings. The van der Waals surface area contributed by atoms with E-state index in [0.717, 1.165) is 0 Å². The summed E-state index contributed by atoms with van der Waals surface area (Å²) >= 11 is 0. The lowest BCUT2D eigenvalue weighted by molar-refractivity contribution is -0.126. The first kappa shape index (κ1) is 11.9. The van der Waals surface area contributed by atoms with Crippen LogP contribution >= 0.6 is 0 Å². The maximum Gasteiger partial charge on any atom is 0.239 e. The largest absolute Gasteiger partial charge is 0.355 e. The molecule has 0 aromatic heterocycles. The molecule has 0 aromatic carbocycles. The Morgan fingerprint density at radius 1 is 1.31 bits per heavy atom. The standard InChI is InChI=1S/C8H17N3O2/c1-3-10-8(13)5-11-7(12)4-6(2)9/h6H,3-5,9H2,1-2H3,(H,10,13)(H,11,12). The molecule has 0 aliphatic carbocycles. The SMILES string of the molecule is CCNC(=O)CNC(=O)CC(C)N. The summed E-state index contributed by atoms with van der Waals surface area (Å²) in [5, 5.41) is 5.04. The topological polar surface area (TPSA) is 84.2 Å². The average molecular weight is 187 g/mol. The fraction of sp³-hybridized carbons (Fsp3) is 0.750. The molecule has 5 heteroatoms. The van der Waals surface area contributed by atoms with Crippen LogP contribution in [0.3, 0.4) is 0 Å². The predicted molar refractivity (Wildman–Crippen MR) is 50.0 cm³/mol. The number of nitrogens with two attached hydrogens (primary N) is 1. The minimum atomic E-state index is -0.193. The lowest BCUT2D eigenvalue weighted by Gasteiger charge is -2.06. The van der Waals surface area contributed by atoms with E-state index in [-0.39, 0.29) is 30.8 Å². The minimum Gasteiger partial charge on any atom is -0.355 e. The molecule has 0 heterocycles. The highest BCUT2D eigenvalue weighted by molar-refractivity contribution is 5.84. The minimum absolute atomic E-state index is 0.0272. The van der Waals surface area contributed by atoms with Gasteiger partial charge in [-0.1, -0.05) is 0 Å². The Kier molecular flexibility index (Phi) is 5.88. The monoisotopic (exact) mass is 187 g/mol. The van der Waals surface area contributed by atoms with Gasteiger partial charge in [-0.05, 0) is 13.8 Å². The molecule has 0 bridgehead atoms. The van der Waals surface area contributed by atoms with Gasteiger partial charge in [-0.25, -0.2) is 0 Å². The van der Waals surface area contributed by atoms with E-state index in [1.54, 1.807) is 6.92 Å². The quantitative estimate of drug-likeness (QED) is 0.515. The van der Waals surface area contributed by atoms with Gasteiger partial charge in [0.1, 0.15) is 0 Å². The van der Waals surface area contributed by atoms with Gasteiger partial charge in [0.2, 0.25) is 11.8 Å². The zero-order valence-electron chi connectivity index (χ0n) is 8.09. The number of carbonyl (C=O) groups is 2. The Morgan fingerprint density at radius 3 is 2.38 bits per heavy atom. The van der Waals surface area contributed by atoms with Crippen LogP contribution in [0.2, 0.25) is 0 Å². The third-order valence-electron chi connectivity index (χ3n) is 1.33. The molecule has 0 rings (SSSR count). The number of hydrogen-bond donors (Lipinski definition) is 3. The fourth-order valence-electron chi connectivity index (χ4n) is 0.803. The van der Waals surface area contributed by atoms with Crippen LogP contribution in [0.4, 0.5) is 0 Å². The Labute approximate surface area is 78.1 Å². The number of nitrogens with one attached hydrogen (secondary N) is 2. The third kappa shape index (κ3) is 7.27. The predicted octanol–water partition coefficient (Wildman–Crippen LogP) is -1.02. The number of carbonyl (C=O) groups excluding carboxylic acids is 2. The van der Waals surface area contributed by atoms with E-state index < -0.39 is 0 Å². The lowest BCUT2D eigenvalue weighted by atomic mass is 10.2. The number of amides is 2. The lowest BCUT2D eigenvalue weighted by Crippen LogP contribution is -2.38. The molecule has 4 N–H and O–H groups in total. The van der Waals surface area contributed by atoms with Gasteiger partial charge in [0.15, 0.2) is 0 Å². The molecule has 76 valence electrons. The van der Waals surface area contributed by atoms with Crippen molar-refractivity contribution < 1.29 is 9.59 Å². The molecular weight excluding hydrogens is 170 g/mol. The third-order valence-corrected chi connectivity index (χ3v) is 1.33. The molecule has 0 aliphatic heterocycles. The molecule has 2 amide bonds. The normalized spacial score (nSPS) is 11.9. The van der Waals surface area contributed by atoms with Gasteiger partial charge in [-0.2, -0.15) is 0 Å². The summed E-state index contributed by atoms with van der Waals surface area (Å²) in [6.45, 7) is 4.16. The van der Waals surface area contributed by atoms with Gasteiger partial charge < -0.3 is 16.4 Å². The Hall–Kier alpha value is -1.10. The average Bonchev–Trinajstić information content (AvgIpc) is 2.00. The van der Waals surface area contributed by atoms with E-state index in [4.69, 9.17) is 5.73 Å². The van der Waals surface area contributed by atoms with Crippen molar-refractivity contribution in [2.45, 2.75) is 26.3 Å². The highest BCUT2D eigenvalue weighted by Crippen LogP contribution is 1.84. The van der Waals surface area contributed by atoms with Crippen molar-refractivity contribution in [3.8, 4) is 0 Å². The van der Waals surface area contributed by atoms with Gasteiger partial charge >= 0.3 is 0 Å². The first-order valence-electron chi connectivity index (χ1n) is 4.35. The zero-order chi connectivity index (χ0) is 10.3. The van der Waals surface area contributed by atoms with Crippen molar-refractivity contribution in [3.63, 3.8) is 0 Å². The van der Waals surface area contributed by atoms with Gasteiger partial charge in [0.25, 0.3) is 0 Å². The number of hydrogen-bond acceptors (Lipinski definition) is 3. The Bertz CT molecular complexity index is 180. The molecule has 5 nitrogen and oxygen atoms in total. The Morgan fingerprint density at radius 2 is 1.92 bits per heavy atom. The van der Waals surface area contributed by atoms with Crippen LogP contribution in [0.15, 0.2) is 0 Å². The second-order valence-corrected chi connectivity index (χ2v) is 2.91. The van der Waals surface area contributed by atoms with E-state index in [9.17, 15) is 9.59 Å². The molecule has 1 atom stereocenters. The zero-order valence-corrected chi connectivity index (χ0v) is 8.09. The molecule has 0 aromatic rings. The fourth-order valence-corrected chi connectivity index (χ4v) is 0.803. The van der Waals surface area contributed by atoms with Crippen LogP contribution in [0.25, 0.3) is 0 Å². The molecule has 0 radical (unpaired) electrons. The van der Waals surface area contributed by atoms with Crippen molar-refractivity contribution in [1.82, 2.24) is 10.6 Å². The second-order valence-electron chi connectivity index (χ2n) is 2.91. The van der Waals surface area contributed by atoms with Crippen molar-refractivity contribution in [3.05, 3.63) is 0 Å². The highest BCUT2D eigenvalue weighted by atomic mass is 16.2. The number of likely N-dealkylation sites (N-methyl/N-ethyl adjacent to an activating group) is 1. The molecule has 0 spiro atoms. The van der Waals surface area contributed by atoms with E-state index in [1.165, 1.54) is 0 Å². The summed E-state index contributed by atoms with van der Waals surface area (Å²) in [6, 6.07) is -0.172. The second kappa shape index (κ2) is 6.42. The van der Waals surface area contributed by atoms with Crippen LogP contribution in [0.1, 0.15) is 20.3 Å². The summed E-state index contributed by atoms with van der Waals surface area (Å²) in [5.74, 6) is -0.373. The van der Waals surface area contributed by atoms with Gasteiger partial charge in [0.05, 0.1) is 6.54 Å². The maximum absolute atomic E-state index is 11.0. The van der Waals surface area contributed by atoms with Crippen LogP contribution in [0.5, 0.6) is 0 Å². The maximum atomic E-state index is 11.0. The van der Waals surface area contributed by atoms with Crippen LogP contribution in [-0.4, -0.2) is 30.9 Å². The molecular formula is C8H17N3O2. The van der Waals surface area contributed by atoms with Crippen molar-refractivity contribution in [1.29, 1.82) is 0 Å². The van der Waals surface area contributed by atoms with Crippen molar-refractivity contribution in [2.75, 3.05) is 13.1 Å². The molecule has 1 unspecified atom stereocenters. The van der Waals surface area contributed by atoms with E-state index >= 15 is 0 Å². The number of rotatable bonds is 5. The van der Waals surface area contributed by atoms with Gasteiger partial charge in [0, 0.05) is 19.0 Å². The first-order valence-corrected chi connectivity index (χ1v) is 4.35. The summed E-state index contributed by atoms with van der Waals surface area (Å²) in [5.41, 5.74) is 5.40. The van der Waals surface area contributed by atoms with E-state index in [2.05, 4.69) is 10.6 Å². The molecule has 0 aliphatic rings. The van der Waals surface area contributed by atoms with Crippen LogP contribution < -0.4 is 16.4 Å². The summed E-state index contributed by atoms with van der Waals surface area (Å²) in [7, 11) is 0. The van der Waals surface area contributed by atoms with Crippen LogP contribution in [0, 0.1) is 0 Å². The first-order chi connectivity index (χ1) is 6.06. The van der Waals surface area contributed by atoms with E-state index in [0.29, 0.717) is 6.54 Å². The van der Waals surface area contributed by atoms with Crippen molar-refractivity contribution in [2.24, 2.45) is 5.73 Å². The molecule has 0 saturated heterocycles. The van der Waals surface area contributed by atoms with E-state index in [1.807, 2.05) is 6.92 Å². The molecule has 0 saturated carbocycles. The van der Waals surface area contributed by atoms with Crippen molar-refractivity contribution >= 4 is 11.8 Å². The van der Waals surface area contributed by atoms with Gasteiger partial charge in [-0.15, -0.1) is 0 Å². The van der Waals surface area contributed by atoms with Gasteiger partial charge in [-0.3, -0.25) is 9.59 Å². The Balaban J connectivity index is 3.52. The highest BCUT2D eigenvalue weighted by Gasteiger charge is 2.06. The summed E-state index contributed by atoms with van der Waals surface area (Å²) in [4.78, 5) is 21.9.